The van der Waals surface area contributed by atoms with Crippen LogP contribution in [0, 0.1) is 0 Å². The highest BCUT2D eigenvalue weighted by Crippen LogP contribution is 2.25. The first-order valence-electron chi connectivity index (χ1n) is 7.54. The molecule has 2 aromatic rings. The Morgan fingerprint density at radius 2 is 1.69 bits per heavy atom. The SMILES string of the molecule is O=C(CCC(=O)OCC(=O)c1ccc(Br)cc1)Nc1cc(Cl)ccc1Cl. The normalized spacial score (nSPS) is 10.3. The van der Waals surface area contributed by atoms with E-state index in [0.29, 0.717) is 21.3 Å². The van der Waals surface area contributed by atoms with Gasteiger partial charge in [-0.25, -0.2) is 0 Å². The largest absolute Gasteiger partial charge is 0.457 e. The Hall–Kier alpha value is -1.89. The molecular weight excluding hydrogens is 445 g/mol. The van der Waals surface area contributed by atoms with E-state index in [4.69, 9.17) is 27.9 Å². The highest BCUT2D eigenvalue weighted by atomic mass is 79.9. The van der Waals surface area contributed by atoms with Crippen LogP contribution in [0.2, 0.25) is 10.0 Å². The summed E-state index contributed by atoms with van der Waals surface area (Å²) in [6.45, 7) is -0.373. The van der Waals surface area contributed by atoms with E-state index in [-0.39, 0.29) is 25.2 Å². The number of nitrogens with one attached hydrogen (secondary N) is 1. The van der Waals surface area contributed by atoms with Crippen LogP contribution >= 0.6 is 39.1 Å². The zero-order chi connectivity index (χ0) is 19.1. The molecule has 136 valence electrons. The fraction of sp³-hybridized carbons (Fsp3) is 0.167. The van der Waals surface area contributed by atoms with Gasteiger partial charge in [0.25, 0.3) is 0 Å². The van der Waals surface area contributed by atoms with Crippen LogP contribution in [-0.2, 0) is 14.3 Å². The quantitative estimate of drug-likeness (QED) is 0.473. The van der Waals surface area contributed by atoms with Crippen molar-refractivity contribution in [3.05, 3.63) is 62.5 Å². The number of anilines is 1. The third-order valence-electron chi connectivity index (χ3n) is 3.29. The van der Waals surface area contributed by atoms with E-state index < -0.39 is 11.9 Å². The van der Waals surface area contributed by atoms with Crippen molar-refractivity contribution < 1.29 is 19.1 Å². The van der Waals surface area contributed by atoms with Crippen LogP contribution in [0.5, 0.6) is 0 Å². The summed E-state index contributed by atoms with van der Waals surface area (Å²) < 4.78 is 5.75. The summed E-state index contributed by atoms with van der Waals surface area (Å²) in [5.41, 5.74) is 0.803. The first kappa shape index (κ1) is 20.4. The second-order valence-electron chi connectivity index (χ2n) is 5.26. The van der Waals surface area contributed by atoms with Gasteiger partial charge in [-0.3, -0.25) is 14.4 Å². The van der Waals surface area contributed by atoms with Crippen LogP contribution in [0.25, 0.3) is 0 Å². The standard InChI is InChI=1S/C18H14BrCl2NO4/c19-12-3-1-11(2-4-12)16(23)10-26-18(25)8-7-17(24)22-15-9-13(20)5-6-14(15)21/h1-6,9H,7-8,10H2,(H,22,24). The lowest BCUT2D eigenvalue weighted by Gasteiger charge is -2.08. The van der Waals surface area contributed by atoms with E-state index in [9.17, 15) is 14.4 Å². The minimum Gasteiger partial charge on any atom is -0.457 e. The first-order valence-corrected chi connectivity index (χ1v) is 9.09. The van der Waals surface area contributed by atoms with Gasteiger partial charge in [0.1, 0.15) is 0 Å². The average Bonchev–Trinajstić information content (AvgIpc) is 2.61. The van der Waals surface area contributed by atoms with Crippen molar-refractivity contribution in [3.8, 4) is 0 Å². The summed E-state index contributed by atoms with van der Waals surface area (Å²) >= 11 is 15.1. The van der Waals surface area contributed by atoms with E-state index >= 15 is 0 Å². The number of ketones is 1. The number of esters is 1. The Morgan fingerprint density at radius 1 is 1.00 bits per heavy atom. The lowest BCUT2D eigenvalue weighted by Crippen LogP contribution is -2.17. The van der Waals surface area contributed by atoms with Crippen molar-refractivity contribution in [1.82, 2.24) is 0 Å². The molecule has 5 nitrogen and oxygen atoms in total. The molecule has 8 heteroatoms. The third-order valence-corrected chi connectivity index (χ3v) is 4.38. The van der Waals surface area contributed by atoms with Crippen LogP contribution in [0.3, 0.4) is 0 Å². The second kappa shape index (κ2) is 9.71. The molecule has 26 heavy (non-hydrogen) atoms. The number of hydrogen-bond acceptors (Lipinski definition) is 4. The van der Waals surface area contributed by atoms with Gasteiger partial charge in [-0.15, -0.1) is 0 Å². The van der Waals surface area contributed by atoms with Crippen molar-refractivity contribution >= 4 is 62.5 Å². The number of carbonyl (C=O) groups excluding carboxylic acids is 3. The van der Waals surface area contributed by atoms with Crippen molar-refractivity contribution in [3.63, 3.8) is 0 Å². The van der Waals surface area contributed by atoms with Gasteiger partial charge in [-0.05, 0) is 30.3 Å². The summed E-state index contributed by atoms with van der Waals surface area (Å²) in [5.74, 6) is -1.37. The maximum Gasteiger partial charge on any atom is 0.306 e. The number of amides is 1. The number of Topliss-reactive ketones (excluding diaryl/α,β-unsaturated/α-hetero) is 1. The molecule has 0 atom stereocenters. The van der Waals surface area contributed by atoms with Crippen LogP contribution < -0.4 is 5.32 Å². The fourth-order valence-corrected chi connectivity index (χ4v) is 2.56. The van der Waals surface area contributed by atoms with Gasteiger partial charge >= 0.3 is 5.97 Å². The Kier molecular flexibility index (Phi) is 7.63. The van der Waals surface area contributed by atoms with E-state index in [1.165, 1.54) is 6.07 Å². The van der Waals surface area contributed by atoms with E-state index in [2.05, 4.69) is 21.2 Å². The lowest BCUT2D eigenvalue weighted by molar-refractivity contribution is -0.143. The molecule has 1 N–H and O–H groups in total. The van der Waals surface area contributed by atoms with Crippen molar-refractivity contribution in [2.24, 2.45) is 0 Å². The molecule has 0 saturated carbocycles. The minimum absolute atomic E-state index is 0.103. The molecule has 0 bridgehead atoms. The van der Waals surface area contributed by atoms with Gasteiger partial charge in [-0.2, -0.15) is 0 Å². The predicted molar refractivity (Wildman–Crippen MR) is 104 cm³/mol. The highest BCUT2D eigenvalue weighted by Gasteiger charge is 2.13. The number of benzene rings is 2. The molecule has 0 saturated heterocycles. The van der Waals surface area contributed by atoms with Crippen LogP contribution in [0.15, 0.2) is 46.9 Å². The molecule has 0 aliphatic heterocycles. The summed E-state index contributed by atoms with van der Waals surface area (Å²) in [4.78, 5) is 35.5. The second-order valence-corrected chi connectivity index (χ2v) is 7.02. The molecule has 1 amide bonds. The van der Waals surface area contributed by atoms with Crippen LogP contribution in [-0.4, -0.2) is 24.3 Å². The molecule has 0 unspecified atom stereocenters. The monoisotopic (exact) mass is 457 g/mol. The van der Waals surface area contributed by atoms with Crippen molar-refractivity contribution in [1.29, 1.82) is 0 Å². The summed E-state index contributed by atoms with van der Waals surface area (Å²) in [6.07, 6.45) is -0.258. The summed E-state index contributed by atoms with van der Waals surface area (Å²) in [6, 6.07) is 11.4. The highest BCUT2D eigenvalue weighted by molar-refractivity contribution is 9.10. The molecule has 0 radical (unpaired) electrons. The molecule has 0 aliphatic carbocycles. The molecule has 0 fully saturated rings. The van der Waals surface area contributed by atoms with E-state index in [0.717, 1.165) is 4.47 Å². The Bertz CT molecular complexity index is 824. The molecule has 2 aromatic carbocycles. The van der Waals surface area contributed by atoms with Crippen molar-refractivity contribution in [2.45, 2.75) is 12.8 Å². The average molecular weight is 459 g/mol. The van der Waals surface area contributed by atoms with E-state index in [1.807, 2.05) is 0 Å². The zero-order valence-corrected chi connectivity index (χ0v) is 16.5. The first-order chi connectivity index (χ1) is 12.3. The molecule has 2 rings (SSSR count). The van der Waals surface area contributed by atoms with Gasteiger partial charge in [0.15, 0.2) is 12.4 Å². The Labute approximate surface area is 168 Å². The summed E-state index contributed by atoms with van der Waals surface area (Å²) in [5, 5.41) is 3.33. The van der Waals surface area contributed by atoms with Gasteiger partial charge in [0.2, 0.25) is 5.91 Å². The van der Waals surface area contributed by atoms with Gasteiger partial charge < -0.3 is 10.1 Å². The number of halogens is 3. The molecule has 0 aliphatic rings. The molecule has 0 aromatic heterocycles. The molecule has 0 heterocycles. The maximum absolute atomic E-state index is 11.9. The Morgan fingerprint density at radius 3 is 2.38 bits per heavy atom. The summed E-state index contributed by atoms with van der Waals surface area (Å²) in [7, 11) is 0. The third kappa shape index (κ3) is 6.44. The molecule has 0 spiro atoms. The lowest BCUT2D eigenvalue weighted by atomic mass is 10.1. The van der Waals surface area contributed by atoms with Gasteiger partial charge in [0, 0.05) is 21.5 Å². The van der Waals surface area contributed by atoms with Crippen molar-refractivity contribution in [2.75, 3.05) is 11.9 Å². The number of carbonyl (C=O) groups is 3. The zero-order valence-electron chi connectivity index (χ0n) is 13.4. The number of rotatable bonds is 7. The van der Waals surface area contributed by atoms with Gasteiger partial charge in [-0.1, -0.05) is 51.3 Å². The number of ether oxygens (including phenoxy) is 1. The molecular formula is C18H14BrCl2NO4. The van der Waals surface area contributed by atoms with E-state index in [1.54, 1.807) is 36.4 Å². The maximum atomic E-state index is 11.9. The van der Waals surface area contributed by atoms with Crippen LogP contribution in [0.1, 0.15) is 23.2 Å². The fourth-order valence-electron chi connectivity index (χ4n) is 1.96. The number of hydrogen-bond donors (Lipinski definition) is 1. The van der Waals surface area contributed by atoms with Crippen LogP contribution in [0.4, 0.5) is 5.69 Å². The predicted octanol–water partition coefficient (Wildman–Crippen LogP) is 4.90. The van der Waals surface area contributed by atoms with Gasteiger partial charge in [0.05, 0.1) is 17.1 Å². The smallest absolute Gasteiger partial charge is 0.306 e. The minimum atomic E-state index is -0.636. The topological polar surface area (TPSA) is 72.5 Å². The Balaban J connectivity index is 1.75.